The molecule has 2 fully saturated rings. The normalized spacial score (nSPS) is 23.7. The molecule has 3 heterocycles. The monoisotopic (exact) mass is 412 g/mol. The van der Waals surface area contributed by atoms with E-state index in [1.165, 1.54) is 0 Å². The number of carbonyl (C=O) groups is 4. The Balaban J connectivity index is 1.52. The highest BCUT2D eigenvalue weighted by molar-refractivity contribution is 6.11. The molecule has 1 unspecified atom stereocenters. The first-order chi connectivity index (χ1) is 14.2. The minimum absolute atomic E-state index is 0.0317. The van der Waals surface area contributed by atoms with Crippen LogP contribution in [0, 0.1) is 5.92 Å². The minimum atomic E-state index is -0.840. The summed E-state index contributed by atoms with van der Waals surface area (Å²) in [6.07, 6.45) is 0.842. The summed E-state index contributed by atoms with van der Waals surface area (Å²) in [4.78, 5) is 57.9. The average molecular weight is 412 g/mol. The molecule has 4 rings (SSSR count). The van der Waals surface area contributed by atoms with Crippen LogP contribution in [0.2, 0.25) is 0 Å². The number of nitrogens with zero attached hydrogens (tertiary/aromatic N) is 4. The largest absolute Gasteiger partial charge is 0.339 e. The van der Waals surface area contributed by atoms with Crippen LogP contribution in [0.4, 0.5) is 5.69 Å². The Hall–Kier alpha value is -2.90. The summed E-state index contributed by atoms with van der Waals surface area (Å²) in [7, 11) is 0. The van der Waals surface area contributed by atoms with E-state index in [2.05, 4.69) is 0 Å². The van der Waals surface area contributed by atoms with Crippen LogP contribution in [0.25, 0.3) is 0 Å². The van der Waals surface area contributed by atoms with Gasteiger partial charge in [0.2, 0.25) is 17.7 Å². The number of fused-ring (bicyclic) bond motifs is 3. The van der Waals surface area contributed by atoms with Crippen LogP contribution in [-0.4, -0.2) is 76.7 Å². The third kappa shape index (κ3) is 3.14. The molecule has 1 aromatic rings. The van der Waals surface area contributed by atoms with E-state index in [0.717, 1.165) is 0 Å². The number of hydrogen-bond acceptors (Lipinski definition) is 4. The molecule has 8 heteroatoms. The fraction of sp³-hybridized carbons (Fsp3) is 0.545. The highest BCUT2D eigenvalue weighted by atomic mass is 16.2. The maximum atomic E-state index is 13.3. The van der Waals surface area contributed by atoms with Crippen LogP contribution in [0.5, 0.6) is 0 Å². The lowest BCUT2D eigenvalue weighted by atomic mass is 9.98. The molecular formula is C22H28N4O4. The maximum Gasteiger partial charge on any atom is 0.258 e. The van der Waals surface area contributed by atoms with Crippen LogP contribution in [0.1, 0.15) is 44.0 Å². The van der Waals surface area contributed by atoms with Crippen molar-refractivity contribution in [3.05, 3.63) is 29.8 Å². The van der Waals surface area contributed by atoms with Crippen molar-refractivity contribution in [1.82, 2.24) is 14.7 Å². The van der Waals surface area contributed by atoms with Crippen molar-refractivity contribution in [3.63, 3.8) is 0 Å². The predicted molar refractivity (Wildman–Crippen MR) is 111 cm³/mol. The summed E-state index contributed by atoms with van der Waals surface area (Å²) < 4.78 is 0. The number of piperazine rings is 1. The molecule has 3 aliphatic rings. The smallest absolute Gasteiger partial charge is 0.258 e. The van der Waals surface area contributed by atoms with Crippen LogP contribution in [0.3, 0.4) is 0 Å². The van der Waals surface area contributed by atoms with Gasteiger partial charge in [-0.05, 0) is 25.5 Å². The molecular weight excluding hydrogens is 384 g/mol. The summed E-state index contributed by atoms with van der Waals surface area (Å²) >= 11 is 0. The number of amides is 4. The van der Waals surface area contributed by atoms with E-state index < -0.39 is 5.66 Å². The molecule has 160 valence electrons. The topological polar surface area (TPSA) is 81.2 Å². The van der Waals surface area contributed by atoms with E-state index in [4.69, 9.17) is 0 Å². The van der Waals surface area contributed by atoms with Gasteiger partial charge in [-0.2, -0.15) is 0 Å². The van der Waals surface area contributed by atoms with E-state index in [9.17, 15) is 19.2 Å². The highest BCUT2D eigenvalue weighted by Gasteiger charge is 2.53. The summed E-state index contributed by atoms with van der Waals surface area (Å²) in [6, 6.07) is 7.08. The van der Waals surface area contributed by atoms with Gasteiger partial charge in [-0.1, -0.05) is 26.0 Å². The van der Waals surface area contributed by atoms with Gasteiger partial charge in [0, 0.05) is 38.5 Å². The van der Waals surface area contributed by atoms with Crippen LogP contribution >= 0.6 is 0 Å². The zero-order valence-electron chi connectivity index (χ0n) is 17.8. The Bertz CT molecular complexity index is 906. The van der Waals surface area contributed by atoms with Gasteiger partial charge >= 0.3 is 0 Å². The SMILES string of the molecule is CC(C)C(=O)N1CCN(C(=O)CN2C(=O)c3ccccc3N3C(=O)CCC23C)CC1. The number of rotatable bonds is 3. The lowest BCUT2D eigenvalue weighted by Gasteiger charge is -2.49. The van der Waals surface area contributed by atoms with Gasteiger partial charge < -0.3 is 14.7 Å². The van der Waals surface area contributed by atoms with Gasteiger partial charge in [0.05, 0.1) is 11.3 Å². The fourth-order valence-electron chi connectivity index (χ4n) is 4.72. The van der Waals surface area contributed by atoms with Crippen molar-refractivity contribution >= 4 is 29.3 Å². The molecule has 0 N–H and O–H groups in total. The summed E-state index contributed by atoms with van der Waals surface area (Å²) in [6.45, 7) is 7.43. The van der Waals surface area contributed by atoms with Crippen molar-refractivity contribution in [1.29, 1.82) is 0 Å². The first-order valence-corrected chi connectivity index (χ1v) is 10.5. The molecule has 0 bridgehead atoms. The van der Waals surface area contributed by atoms with Gasteiger partial charge in [-0.3, -0.25) is 24.1 Å². The van der Waals surface area contributed by atoms with Crippen LogP contribution in [-0.2, 0) is 14.4 Å². The molecule has 2 saturated heterocycles. The van der Waals surface area contributed by atoms with Gasteiger partial charge in [0.15, 0.2) is 0 Å². The van der Waals surface area contributed by atoms with Crippen molar-refractivity contribution in [2.24, 2.45) is 5.92 Å². The van der Waals surface area contributed by atoms with Gasteiger partial charge in [-0.15, -0.1) is 0 Å². The van der Waals surface area contributed by atoms with Crippen molar-refractivity contribution < 1.29 is 19.2 Å². The molecule has 3 aliphatic heterocycles. The zero-order chi connectivity index (χ0) is 21.6. The fourth-order valence-corrected chi connectivity index (χ4v) is 4.72. The number of carbonyl (C=O) groups excluding carboxylic acids is 4. The summed E-state index contributed by atoms with van der Waals surface area (Å²) in [5.41, 5.74) is 0.232. The number of para-hydroxylation sites is 1. The Morgan fingerprint density at radius 1 is 1.03 bits per heavy atom. The standard InChI is InChI=1S/C22H28N4O4/c1-15(2)20(29)24-12-10-23(11-13-24)19(28)14-25-21(30)16-6-4-5-7-17(16)26-18(27)8-9-22(25,26)3/h4-7,15H,8-14H2,1-3H3. The molecule has 30 heavy (non-hydrogen) atoms. The van der Waals surface area contributed by atoms with E-state index in [1.807, 2.05) is 26.8 Å². The second kappa shape index (κ2) is 7.41. The first kappa shape index (κ1) is 20.4. The summed E-state index contributed by atoms with van der Waals surface area (Å²) in [5.74, 6) is -0.377. The van der Waals surface area contributed by atoms with E-state index in [1.54, 1.807) is 37.8 Å². The summed E-state index contributed by atoms with van der Waals surface area (Å²) in [5, 5.41) is 0. The molecule has 4 amide bonds. The number of hydrogen-bond donors (Lipinski definition) is 0. The maximum absolute atomic E-state index is 13.3. The minimum Gasteiger partial charge on any atom is -0.339 e. The molecule has 8 nitrogen and oxygen atoms in total. The number of anilines is 1. The third-order valence-corrected chi connectivity index (χ3v) is 6.48. The Labute approximate surface area is 176 Å². The second-order valence-electron chi connectivity index (χ2n) is 8.72. The molecule has 1 atom stereocenters. The third-order valence-electron chi connectivity index (χ3n) is 6.48. The van der Waals surface area contributed by atoms with Crippen LogP contribution in [0.15, 0.2) is 24.3 Å². The molecule has 0 saturated carbocycles. The van der Waals surface area contributed by atoms with Crippen molar-refractivity contribution in [2.45, 2.75) is 39.3 Å². The van der Waals surface area contributed by atoms with E-state index in [-0.39, 0.29) is 36.1 Å². The molecule has 0 aromatic heterocycles. The van der Waals surface area contributed by atoms with Crippen molar-refractivity contribution in [2.75, 3.05) is 37.6 Å². The number of benzene rings is 1. The molecule has 0 aliphatic carbocycles. The lowest BCUT2D eigenvalue weighted by Crippen LogP contribution is -2.64. The Kier molecular flexibility index (Phi) is 5.03. The van der Waals surface area contributed by atoms with Gasteiger partial charge in [-0.25, -0.2) is 0 Å². The second-order valence-corrected chi connectivity index (χ2v) is 8.72. The zero-order valence-corrected chi connectivity index (χ0v) is 17.8. The molecule has 1 aromatic carbocycles. The van der Waals surface area contributed by atoms with E-state index in [0.29, 0.717) is 50.3 Å². The molecule has 0 spiro atoms. The first-order valence-electron chi connectivity index (χ1n) is 10.5. The highest BCUT2D eigenvalue weighted by Crippen LogP contribution is 2.43. The lowest BCUT2D eigenvalue weighted by molar-refractivity contribution is -0.142. The molecule has 0 radical (unpaired) electrons. The van der Waals surface area contributed by atoms with Gasteiger partial charge in [0.1, 0.15) is 12.2 Å². The van der Waals surface area contributed by atoms with Crippen molar-refractivity contribution in [3.8, 4) is 0 Å². The quantitative estimate of drug-likeness (QED) is 0.750. The van der Waals surface area contributed by atoms with E-state index >= 15 is 0 Å². The Morgan fingerprint density at radius 2 is 1.67 bits per heavy atom. The predicted octanol–water partition coefficient (Wildman–Crippen LogP) is 1.31. The van der Waals surface area contributed by atoms with Crippen LogP contribution < -0.4 is 4.90 Å². The Morgan fingerprint density at radius 3 is 2.33 bits per heavy atom. The average Bonchev–Trinajstić information content (AvgIpc) is 3.06. The van der Waals surface area contributed by atoms with Gasteiger partial charge in [0.25, 0.3) is 5.91 Å².